The Labute approximate surface area is 101 Å². The summed E-state index contributed by atoms with van der Waals surface area (Å²) in [4.78, 5) is 11.5. The molecule has 5 heteroatoms. The standard InChI is InChI=1S/C12H19NO4/c1-3-9-11(15)12(8(2)16-9)17-10(14)6-4-5-7-13/h15H,3-7,13H2,1-2H3. The molecule has 0 amide bonds. The Morgan fingerprint density at radius 3 is 2.71 bits per heavy atom. The van der Waals surface area contributed by atoms with Crippen molar-refractivity contribution in [2.24, 2.45) is 5.73 Å². The molecule has 17 heavy (non-hydrogen) atoms. The summed E-state index contributed by atoms with van der Waals surface area (Å²) >= 11 is 0. The lowest BCUT2D eigenvalue weighted by atomic mass is 10.2. The van der Waals surface area contributed by atoms with E-state index in [0.717, 1.165) is 6.42 Å². The van der Waals surface area contributed by atoms with Gasteiger partial charge in [-0.2, -0.15) is 0 Å². The number of unbranched alkanes of at least 4 members (excludes halogenated alkanes) is 1. The van der Waals surface area contributed by atoms with Gasteiger partial charge in [0.1, 0.15) is 11.5 Å². The average molecular weight is 241 g/mol. The van der Waals surface area contributed by atoms with E-state index in [2.05, 4.69) is 0 Å². The number of nitrogens with two attached hydrogens (primary N) is 1. The Bertz CT molecular complexity index is 384. The van der Waals surface area contributed by atoms with Crippen molar-refractivity contribution >= 4 is 5.97 Å². The summed E-state index contributed by atoms with van der Waals surface area (Å²) in [6, 6.07) is 0. The van der Waals surface area contributed by atoms with Crippen LogP contribution < -0.4 is 10.5 Å². The van der Waals surface area contributed by atoms with Crippen LogP contribution in [0.4, 0.5) is 0 Å². The predicted octanol–water partition coefficient (Wildman–Crippen LogP) is 1.89. The van der Waals surface area contributed by atoms with Gasteiger partial charge in [0.25, 0.3) is 0 Å². The van der Waals surface area contributed by atoms with Gasteiger partial charge < -0.3 is 20.0 Å². The van der Waals surface area contributed by atoms with Crippen LogP contribution in [0, 0.1) is 6.92 Å². The van der Waals surface area contributed by atoms with Gasteiger partial charge in [-0.15, -0.1) is 0 Å². The first-order valence-corrected chi connectivity index (χ1v) is 5.82. The molecule has 0 aromatic carbocycles. The molecule has 96 valence electrons. The van der Waals surface area contributed by atoms with Crippen molar-refractivity contribution in [3.8, 4) is 11.5 Å². The number of aromatic hydroxyl groups is 1. The quantitative estimate of drug-likeness (QED) is 0.586. The van der Waals surface area contributed by atoms with Crippen molar-refractivity contribution in [2.45, 2.75) is 39.5 Å². The molecule has 0 radical (unpaired) electrons. The zero-order valence-corrected chi connectivity index (χ0v) is 10.3. The lowest BCUT2D eigenvalue weighted by molar-refractivity contribution is -0.134. The van der Waals surface area contributed by atoms with Gasteiger partial charge in [0, 0.05) is 12.8 Å². The van der Waals surface area contributed by atoms with Crippen LogP contribution in [0.25, 0.3) is 0 Å². The van der Waals surface area contributed by atoms with Gasteiger partial charge in [0.15, 0.2) is 0 Å². The van der Waals surface area contributed by atoms with Crippen LogP contribution in [-0.2, 0) is 11.2 Å². The first kappa shape index (κ1) is 13.6. The van der Waals surface area contributed by atoms with Gasteiger partial charge in [-0.3, -0.25) is 4.79 Å². The molecule has 1 heterocycles. The Balaban J connectivity index is 2.62. The van der Waals surface area contributed by atoms with Crippen molar-refractivity contribution in [1.29, 1.82) is 0 Å². The third kappa shape index (κ3) is 3.49. The fourth-order valence-electron chi connectivity index (χ4n) is 1.51. The predicted molar refractivity (Wildman–Crippen MR) is 63.0 cm³/mol. The van der Waals surface area contributed by atoms with Gasteiger partial charge in [-0.1, -0.05) is 6.92 Å². The first-order chi connectivity index (χ1) is 8.10. The number of carbonyl (C=O) groups excluding carboxylic acids is 1. The molecule has 1 rings (SSSR count). The highest BCUT2D eigenvalue weighted by Crippen LogP contribution is 2.36. The first-order valence-electron chi connectivity index (χ1n) is 5.82. The van der Waals surface area contributed by atoms with Crippen molar-refractivity contribution in [3.63, 3.8) is 0 Å². The average Bonchev–Trinajstić information content (AvgIpc) is 2.57. The maximum absolute atomic E-state index is 11.5. The molecular weight excluding hydrogens is 222 g/mol. The van der Waals surface area contributed by atoms with E-state index in [4.69, 9.17) is 14.9 Å². The highest BCUT2D eigenvalue weighted by molar-refractivity contribution is 5.73. The molecule has 0 atom stereocenters. The molecule has 0 spiro atoms. The summed E-state index contributed by atoms with van der Waals surface area (Å²) in [6.07, 6.45) is 2.32. The molecular formula is C12H19NO4. The molecule has 5 nitrogen and oxygen atoms in total. The number of ether oxygens (including phenoxy) is 1. The fourth-order valence-corrected chi connectivity index (χ4v) is 1.51. The Morgan fingerprint density at radius 2 is 2.18 bits per heavy atom. The van der Waals surface area contributed by atoms with E-state index >= 15 is 0 Å². The van der Waals surface area contributed by atoms with E-state index < -0.39 is 0 Å². The second-order valence-corrected chi connectivity index (χ2v) is 3.83. The molecule has 0 unspecified atom stereocenters. The number of hydrogen-bond donors (Lipinski definition) is 2. The van der Waals surface area contributed by atoms with Gasteiger partial charge in [0.05, 0.1) is 0 Å². The van der Waals surface area contributed by atoms with Crippen LogP contribution in [0.2, 0.25) is 0 Å². The number of carbonyl (C=O) groups is 1. The highest BCUT2D eigenvalue weighted by atomic mass is 16.6. The zero-order chi connectivity index (χ0) is 12.8. The molecule has 1 aromatic rings. The van der Waals surface area contributed by atoms with E-state index in [9.17, 15) is 9.90 Å². The minimum Gasteiger partial charge on any atom is -0.502 e. The Kier molecular flexibility index (Phi) is 5.03. The van der Waals surface area contributed by atoms with E-state index in [1.165, 1.54) is 0 Å². The number of aryl methyl sites for hydroxylation is 2. The fraction of sp³-hybridized carbons (Fsp3) is 0.583. The summed E-state index contributed by atoms with van der Waals surface area (Å²) in [5.74, 6) is 0.552. The molecule has 0 saturated carbocycles. The minimum absolute atomic E-state index is 0.0721. The number of esters is 1. The van der Waals surface area contributed by atoms with Crippen LogP contribution in [-0.4, -0.2) is 17.6 Å². The van der Waals surface area contributed by atoms with Crippen molar-refractivity contribution < 1.29 is 19.1 Å². The molecule has 0 aliphatic rings. The summed E-state index contributed by atoms with van der Waals surface area (Å²) in [7, 11) is 0. The Morgan fingerprint density at radius 1 is 1.47 bits per heavy atom. The lowest BCUT2D eigenvalue weighted by Gasteiger charge is -2.02. The third-order valence-corrected chi connectivity index (χ3v) is 2.45. The molecule has 0 fully saturated rings. The van der Waals surface area contributed by atoms with Crippen LogP contribution >= 0.6 is 0 Å². The maximum Gasteiger partial charge on any atom is 0.311 e. The highest BCUT2D eigenvalue weighted by Gasteiger charge is 2.19. The summed E-state index contributed by atoms with van der Waals surface area (Å²) in [6.45, 7) is 4.06. The van der Waals surface area contributed by atoms with E-state index in [-0.39, 0.29) is 17.5 Å². The normalized spacial score (nSPS) is 10.5. The summed E-state index contributed by atoms with van der Waals surface area (Å²) in [5.41, 5.74) is 5.33. The topological polar surface area (TPSA) is 85.7 Å². The van der Waals surface area contributed by atoms with E-state index in [0.29, 0.717) is 37.3 Å². The third-order valence-electron chi connectivity index (χ3n) is 2.45. The number of furan rings is 1. The summed E-state index contributed by atoms with van der Waals surface area (Å²) < 4.78 is 10.4. The van der Waals surface area contributed by atoms with Crippen molar-refractivity contribution in [1.82, 2.24) is 0 Å². The van der Waals surface area contributed by atoms with Gasteiger partial charge >= 0.3 is 5.97 Å². The maximum atomic E-state index is 11.5. The van der Waals surface area contributed by atoms with Crippen LogP contribution in [0.1, 0.15) is 37.7 Å². The molecule has 3 N–H and O–H groups in total. The second-order valence-electron chi connectivity index (χ2n) is 3.83. The van der Waals surface area contributed by atoms with Crippen molar-refractivity contribution in [3.05, 3.63) is 11.5 Å². The smallest absolute Gasteiger partial charge is 0.311 e. The van der Waals surface area contributed by atoms with Crippen LogP contribution in [0.15, 0.2) is 4.42 Å². The Hall–Kier alpha value is -1.49. The van der Waals surface area contributed by atoms with Gasteiger partial charge in [-0.25, -0.2) is 0 Å². The van der Waals surface area contributed by atoms with E-state index in [1.54, 1.807) is 6.92 Å². The van der Waals surface area contributed by atoms with Gasteiger partial charge in [0.2, 0.25) is 11.5 Å². The monoisotopic (exact) mass is 241 g/mol. The minimum atomic E-state index is -0.375. The van der Waals surface area contributed by atoms with E-state index in [1.807, 2.05) is 6.92 Å². The zero-order valence-electron chi connectivity index (χ0n) is 10.3. The van der Waals surface area contributed by atoms with Crippen LogP contribution in [0.5, 0.6) is 11.5 Å². The summed E-state index contributed by atoms with van der Waals surface area (Å²) in [5, 5.41) is 9.74. The number of hydrogen-bond acceptors (Lipinski definition) is 5. The molecule has 0 aliphatic heterocycles. The molecule has 0 bridgehead atoms. The van der Waals surface area contributed by atoms with Crippen molar-refractivity contribution in [2.75, 3.05) is 6.54 Å². The SMILES string of the molecule is CCc1oc(C)c(OC(=O)CCCCN)c1O. The number of rotatable bonds is 6. The largest absolute Gasteiger partial charge is 0.502 e. The molecule has 1 aromatic heterocycles. The second kappa shape index (κ2) is 6.30. The molecule has 0 saturated heterocycles. The van der Waals surface area contributed by atoms with Gasteiger partial charge in [-0.05, 0) is 26.3 Å². The lowest BCUT2D eigenvalue weighted by Crippen LogP contribution is -2.09. The van der Waals surface area contributed by atoms with Crippen LogP contribution in [0.3, 0.4) is 0 Å². The molecule has 0 aliphatic carbocycles.